The number of hydrogen-bond acceptors (Lipinski definition) is 5. The van der Waals surface area contributed by atoms with Crippen molar-refractivity contribution in [2.75, 3.05) is 7.11 Å². The number of ether oxygens (including phenoxy) is 1. The fourth-order valence-electron chi connectivity index (χ4n) is 2.89. The summed E-state index contributed by atoms with van der Waals surface area (Å²) in [6, 6.07) is 6.55. The second-order valence-electron chi connectivity index (χ2n) is 7.55. The lowest BCUT2D eigenvalue weighted by Gasteiger charge is -2.16. The average Bonchev–Trinajstić information content (AvgIpc) is 3.14. The van der Waals surface area contributed by atoms with Gasteiger partial charge in [0.25, 0.3) is 11.1 Å². The summed E-state index contributed by atoms with van der Waals surface area (Å²) in [5.74, 6) is -0.485. The van der Waals surface area contributed by atoms with E-state index < -0.39 is 17.1 Å². The standard InChI is InChI=1S/C21H22N4O4/c1-21(2,3)17-14(22-11-23-17)10-16-19(27)24-15(18(26)25-16)9-12-6-5-7-13(8-12)20(28)29-4/h5-11H,1-4H3,(H,22,23)(H,24,27)(H,25,26)/b15-9-,16-10-. The van der Waals surface area contributed by atoms with Crippen LogP contribution in [-0.4, -0.2) is 33.0 Å². The van der Waals surface area contributed by atoms with E-state index in [0.29, 0.717) is 16.8 Å². The van der Waals surface area contributed by atoms with E-state index in [1.54, 1.807) is 36.7 Å². The Balaban J connectivity index is 2.09. The summed E-state index contributed by atoms with van der Waals surface area (Å²) in [4.78, 5) is 49.1. The third-order valence-corrected chi connectivity index (χ3v) is 4.30. The lowest BCUT2D eigenvalue weighted by Crippen LogP contribution is -2.46. The van der Waals surface area contributed by atoms with Crippen molar-refractivity contribution in [1.29, 1.82) is 0 Å². The van der Waals surface area contributed by atoms with E-state index in [1.165, 1.54) is 13.2 Å². The van der Waals surface area contributed by atoms with Gasteiger partial charge in [0, 0.05) is 11.1 Å². The normalized spacial score (nSPS) is 13.0. The smallest absolute Gasteiger partial charge is 0.337 e. The molecule has 0 amide bonds. The highest BCUT2D eigenvalue weighted by Gasteiger charge is 2.19. The molecule has 0 saturated heterocycles. The Bertz CT molecular complexity index is 1290. The van der Waals surface area contributed by atoms with Crippen LogP contribution in [0.25, 0.3) is 12.2 Å². The van der Waals surface area contributed by atoms with Gasteiger partial charge in [-0.05, 0) is 29.8 Å². The van der Waals surface area contributed by atoms with Crippen molar-refractivity contribution < 1.29 is 9.53 Å². The van der Waals surface area contributed by atoms with Gasteiger partial charge in [0.2, 0.25) is 0 Å². The Hall–Kier alpha value is -3.68. The number of rotatable bonds is 3. The molecule has 29 heavy (non-hydrogen) atoms. The Morgan fingerprint density at radius 1 is 1.07 bits per heavy atom. The summed E-state index contributed by atoms with van der Waals surface area (Å²) in [6.45, 7) is 6.06. The quantitative estimate of drug-likeness (QED) is 0.560. The van der Waals surface area contributed by atoms with Crippen LogP contribution in [0.3, 0.4) is 0 Å². The molecular formula is C21H22N4O4. The van der Waals surface area contributed by atoms with Gasteiger partial charge < -0.3 is 19.7 Å². The van der Waals surface area contributed by atoms with Crippen LogP contribution in [0.5, 0.6) is 0 Å². The van der Waals surface area contributed by atoms with Crippen molar-refractivity contribution in [2.45, 2.75) is 26.2 Å². The topological polar surface area (TPSA) is 121 Å². The molecule has 0 saturated carbocycles. The van der Waals surface area contributed by atoms with Crippen LogP contribution in [-0.2, 0) is 10.2 Å². The zero-order chi connectivity index (χ0) is 21.2. The van der Waals surface area contributed by atoms with E-state index in [-0.39, 0.29) is 16.1 Å². The minimum Gasteiger partial charge on any atom is -0.465 e. The molecule has 0 spiro atoms. The summed E-state index contributed by atoms with van der Waals surface area (Å²) in [7, 11) is 1.29. The molecule has 150 valence electrons. The van der Waals surface area contributed by atoms with Crippen molar-refractivity contribution in [3.63, 3.8) is 0 Å². The monoisotopic (exact) mass is 394 g/mol. The van der Waals surface area contributed by atoms with Crippen LogP contribution >= 0.6 is 0 Å². The van der Waals surface area contributed by atoms with Gasteiger partial charge in [0.1, 0.15) is 10.7 Å². The predicted octanol–water partition coefficient (Wildman–Crippen LogP) is 0.528. The molecule has 1 aromatic carbocycles. The number of carbonyl (C=O) groups is 1. The zero-order valence-corrected chi connectivity index (χ0v) is 16.6. The molecule has 3 N–H and O–H groups in total. The molecule has 3 rings (SSSR count). The number of benzene rings is 1. The number of nitrogens with one attached hydrogen (secondary N) is 3. The molecule has 8 heteroatoms. The summed E-state index contributed by atoms with van der Waals surface area (Å²) in [5, 5.41) is 0.181. The summed E-state index contributed by atoms with van der Waals surface area (Å²) >= 11 is 0. The largest absolute Gasteiger partial charge is 0.465 e. The lowest BCUT2D eigenvalue weighted by atomic mass is 9.90. The molecule has 0 bridgehead atoms. The fraction of sp³-hybridized carbons (Fsp3) is 0.238. The third-order valence-electron chi connectivity index (χ3n) is 4.30. The lowest BCUT2D eigenvalue weighted by molar-refractivity contribution is 0.0600. The molecule has 0 aliphatic carbocycles. The van der Waals surface area contributed by atoms with Crippen LogP contribution in [0.15, 0.2) is 40.2 Å². The number of aromatic amines is 3. The summed E-state index contributed by atoms with van der Waals surface area (Å²) in [5.41, 5.74) is 1.24. The Kier molecular flexibility index (Phi) is 5.36. The molecule has 2 heterocycles. The van der Waals surface area contributed by atoms with Gasteiger partial charge in [-0.15, -0.1) is 0 Å². The maximum atomic E-state index is 12.5. The Labute approximate surface area is 166 Å². The number of carbonyl (C=O) groups excluding carboxylic acids is 1. The minimum atomic E-state index is -0.485. The number of nitrogens with zero attached hydrogens (tertiary/aromatic N) is 1. The van der Waals surface area contributed by atoms with Gasteiger partial charge in [0.15, 0.2) is 0 Å². The number of imidazole rings is 1. The van der Waals surface area contributed by atoms with E-state index >= 15 is 0 Å². The maximum Gasteiger partial charge on any atom is 0.337 e. The number of methoxy groups -OCH3 is 1. The van der Waals surface area contributed by atoms with Gasteiger partial charge in [-0.1, -0.05) is 32.9 Å². The first-order valence-electron chi connectivity index (χ1n) is 8.97. The maximum absolute atomic E-state index is 12.5. The number of esters is 1. The van der Waals surface area contributed by atoms with Crippen LogP contribution in [0.1, 0.15) is 48.1 Å². The molecule has 2 aromatic heterocycles. The van der Waals surface area contributed by atoms with Crippen LogP contribution in [0.4, 0.5) is 0 Å². The van der Waals surface area contributed by atoms with Gasteiger partial charge in [0.05, 0.1) is 24.7 Å². The van der Waals surface area contributed by atoms with Gasteiger partial charge in [-0.25, -0.2) is 9.78 Å². The molecular weight excluding hydrogens is 372 g/mol. The molecule has 0 unspecified atom stereocenters. The highest BCUT2D eigenvalue weighted by molar-refractivity contribution is 5.89. The van der Waals surface area contributed by atoms with Crippen LogP contribution in [0, 0.1) is 0 Å². The fourth-order valence-corrected chi connectivity index (χ4v) is 2.89. The molecule has 3 aromatic rings. The predicted molar refractivity (Wildman–Crippen MR) is 109 cm³/mol. The first-order chi connectivity index (χ1) is 13.7. The van der Waals surface area contributed by atoms with Gasteiger partial charge >= 0.3 is 5.97 Å². The minimum absolute atomic E-state index is 0.0761. The van der Waals surface area contributed by atoms with Crippen LogP contribution < -0.4 is 21.8 Å². The molecule has 0 aliphatic rings. The van der Waals surface area contributed by atoms with Crippen molar-refractivity contribution in [1.82, 2.24) is 19.9 Å². The average molecular weight is 394 g/mol. The Morgan fingerprint density at radius 3 is 2.34 bits per heavy atom. The van der Waals surface area contributed by atoms with E-state index in [1.807, 2.05) is 20.8 Å². The van der Waals surface area contributed by atoms with Crippen molar-refractivity contribution in [2.24, 2.45) is 0 Å². The molecule has 0 atom stereocenters. The van der Waals surface area contributed by atoms with Gasteiger partial charge in [-0.3, -0.25) is 9.59 Å². The SMILES string of the molecule is COC(=O)c1cccc(/C=c2\[nH]c(=O)/c(=C/c3nc[nH]c3C(C)(C)C)[nH]c2=O)c1. The second kappa shape index (κ2) is 7.75. The highest BCUT2D eigenvalue weighted by atomic mass is 16.5. The van der Waals surface area contributed by atoms with E-state index in [9.17, 15) is 14.4 Å². The summed E-state index contributed by atoms with van der Waals surface area (Å²) in [6.07, 6.45) is 4.58. The van der Waals surface area contributed by atoms with Gasteiger partial charge in [-0.2, -0.15) is 0 Å². The summed E-state index contributed by atoms with van der Waals surface area (Å²) < 4.78 is 4.69. The first-order valence-corrected chi connectivity index (χ1v) is 8.97. The molecule has 0 radical (unpaired) electrons. The van der Waals surface area contributed by atoms with E-state index in [2.05, 4.69) is 19.9 Å². The molecule has 0 fully saturated rings. The van der Waals surface area contributed by atoms with E-state index in [4.69, 9.17) is 4.74 Å². The zero-order valence-electron chi connectivity index (χ0n) is 16.6. The highest BCUT2D eigenvalue weighted by Crippen LogP contribution is 2.22. The number of H-pyrrole nitrogens is 3. The first kappa shape index (κ1) is 20.1. The number of hydrogen-bond donors (Lipinski definition) is 3. The van der Waals surface area contributed by atoms with Crippen LogP contribution in [0.2, 0.25) is 0 Å². The van der Waals surface area contributed by atoms with Crippen molar-refractivity contribution in [3.05, 3.63) is 84.5 Å². The van der Waals surface area contributed by atoms with Crippen molar-refractivity contribution in [3.8, 4) is 0 Å². The third kappa shape index (κ3) is 4.43. The number of aromatic nitrogens is 4. The Morgan fingerprint density at radius 2 is 1.72 bits per heavy atom. The van der Waals surface area contributed by atoms with E-state index in [0.717, 1.165) is 5.69 Å². The van der Waals surface area contributed by atoms with Crippen molar-refractivity contribution >= 4 is 18.1 Å². The molecule has 0 aliphatic heterocycles. The second-order valence-corrected chi connectivity index (χ2v) is 7.55. The molecule has 8 nitrogen and oxygen atoms in total.